The number of alkyl carbamates (subject to hydrolysis) is 1. The second kappa shape index (κ2) is 7.24. The molecule has 1 aromatic rings. The number of halogens is 1. The van der Waals surface area contributed by atoms with Crippen LogP contribution < -0.4 is 5.32 Å². The minimum absolute atomic E-state index is 0.169. The molecule has 7 heteroatoms. The molecule has 0 bridgehead atoms. The van der Waals surface area contributed by atoms with Gasteiger partial charge < -0.3 is 10.1 Å². The molecule has 2 heterocycles. The van der Waals surface area contributed by atoms with Crippen molar-refractivity contribution in [2.75, 3.05) is 13.1 Å². The molecule has 1 fully saturated rings. The summed E-state index contributed by atoms with van der Waals surface area (Å²) < 4.78 is 5.28. The normalized spacial score (nSPS) is 17.3. The molecular weight excluding hydrogens is 304 g/mol. The van der Waals surface area contributed by atoms with Gasteiger partial charge in [0.1, 0.15) is 5.60 Å². The lowest BCUT2D eigenvalue weighted by Gasteiger charge is -2.32. The number of nitrogens with one attached hydrogen (secondary N) is 1. The summed E-state index contributed by atoms with van der Waals surface area (Å²) in [5.74, 6) is 0. The van der Waals surface area contributed by atoms with E-state index in [1.165, 1.54) is 0 Å². The van der Waals surface area contributed by atoms with Gasteiger partial charge in [0, 0.05) is 25.7 Å². The van der Waals surface area contributed by atoms with Crippen LogP contribution >= 0.6 is 11.6 Å². The van der Waals surface area contributed by atoms with E-state index in [0.717, 1.165) is 38.2 Å². The van der Waals surface area contributed by atoms with Crippen molar-refractivity contribution in [1.29, 1.82) is 0 Å². The van der Waals surface area contributed by atoms with Crippen LogP contribution in [-0.2, 0) is 11.3 Å². The molecule has 0 unspecified atom stereocenters. The van der Waals surface area contributed by atoms with Gasteiger partial charge in [0.05, 0.1) is 5.69 Å². The fraction of sp³-hybridized carbons (Fsp3) is 0.667. The van der Waals surface area contributed by atoms with E-state index in [0.29, 0.717) is 5.15 Å². The van der Waals surface area contributed by atoms with Crippen LogP contribution in [0.15, 0.2) is 12.1 Å². The molecule has 0 aromatic carbocycles. The molecule has 0 saturated carbocycles. The lowest BCUT2D eigenvalue weighted by atomic mass is 10.1. The quantitative estimate of drug-likeness (QED) is 0.924. The molecule has 0 atom stereocenters. The first-order valence-corrected chi connectivity index (χ1v) is 7.89. The van der Waals surface area contributed by atoms with Crippen molar-refractivity contribution >= 4 is 17.7 Å². The van der Waals surface area contributed by atoms with E-state index in [2.05, 4.69) is 20.4 Å². The van der Waals surface area contributed by atoms with Crippen LogP contribution in [0.1, 0.15) is 39.3 Å². The Bertz CT molecular complexity index is 493. The van der Waals surface area contributed by atoms with E-state index in [1.807, 2.05) is 26.8 Å². The van der Waals surface area contributed by atoms with Gasteiger partial charge in [-0.1, -0.05) is 11.6 Å². The summed E-state index contributed by atoms with van der Waals surface area (Å²) in [6.45, 7) is 8.16. The van der Waals surface area contributed by atoms with Gasteiger partial charge in [0.2, 0.25) is 0 Å². The van der Waals surface area contributed by atoms with Gasteiger partial charge in [-0.15, -0.1) is 5.10 Å². The van der Waals surface area contributed by atoms with Gasteiger partial charge in [0.15, 0.2) is 5.15 Å². The van der Waals surface area contributed by atoms with Crippen molar-refractivity contribution in [3.05, 3.63) is 23.0 Å². The smallest absolute Gasteiger partial charge is 0.407 e. The van der Waals surface area contributed by atoms with Gasteiger partial charge in [0.25, 0.3) is 0 Å². The van der Waals surface area contributed by atoms with E-state index in [-0.39, 0.29) is 12.1 Å². The minimum Gasteiger partial charge on any atom is -0.444 e. The standard InChI is InChI=1S/C15H23ClN4O2/c1-15(2,3)22-14(21)17-11-6-8-20(9-7-11)10-12-4-5-13(16)19-18-12/h4-5,11H,6-10H2,1-3H3,(H,17,21). The predicted molar refractivity (Wildman–Crippen MR) is 84.7 cm³/mol. The molecule has 0 aliphatic carbocycles. The Morgan fingerprint density at radius 2 is 2.05 bits per heavy atom. The Hall–Kier alpha value is -1.40. The molecule has 2 rings (SSSR count). The summed E-state index contributed by atoms with van der Waals surface area (Å²) in [6, 6.07) is 3.81. The summed E-state index contributed by atoms with van der Waals surface area (Å²) in [4.78, 5) is 14.1. The molecule has 1 N–H and O–H groups in total. The number of nitrogens with zero attached hydrogens (tertiary/aromatic N) is 3. The Labute approximate surface area is 136 Å². The number of hydrogen-bond donors (Lipinski definition) is 1. The highest BCUT2D eigenvalue weighted by molar-refractivity contribution is 6.29. The molecule has 1 aliphatic rings. The molecule has 1 aromatic heterocycles. The van der Waals surface area contributed by atoms with Crippen LogP contribution in [0.3, 0.4) is 0 Å². The van der Waals surface area contributed by atoms with Gasteiger partial charge >= 0.3 is 6.09 Å². The molecule has 22 heavy (non-hydrogen) atoms. The third-order valence-corrected chi connectivity index (χ3v) is 3.58. The largest absolute Gasteiger partial charge is 0.444 e. The van der Waals surface area contributed by atoms with E-state index >= 15 is 0 Å². The third kappa shape index (κ3) is 5.77. The zero-order chi connectivity index (χ0) is 16.2. The minimum atomic E-state index is -0.460. The zero-order valence-corrected chi connectivity index (χ0v) is 14.1. The van der Waals surface area contributed by atoms with Crippen LogP contribution in [0.4, 0.5) is 4.79 Å². The van der Waals surface area contributed by atoms with Crippen LogP contribution in [0, 0.1) is 0 Å². The van der Waals surface area contributed by atoms with Crippen molar-refractivity contribution < 1.29 is 9.53 Å². The second-order valence-corrected chi connectivity index (χ2v) is 6.93. The number of hydrogen-bond acceptors (Lipinski definition) is 5. The van der Waals surface area contributed by atoms with E-state index < -0.39 is 5.60 Å². The van der Waals surface area contributed by atoms with Crippen molar-refractivity contribution in [2.24, 2.45) is 0 Å². The third-order valence-electron chi connectivity index (χ3n) is 3.38. The molecule has 1 aliphatic heterocycles. The fourth-order valence-corrected chi connectivity index (χ4v) is 2.47. The monoisotopic (exact) mass is 326 g/mol. The van der Waals surface area contributed by atoms with Crippen LogP contribution in [0.2, 0.25) is 5.15 Å². The first kappa shape index (κ1) is 17.0. The predicted octanol–water partition coefficient (Wildman–Crippen LogP) is 2.62. The Morgan fingerprint density at radius 3 is 2.59 bits per heavy atom. The van der Waals surface area contributed by atoms with Crippen molar-refractivity contribution in [2.45, 2.75) is 51.8 Å². The van der Waals surface area contributed by atoms with Gasteiger partial charge in [-0.25, -0.2) is 4.79 Å². The molecular formula is C15H23ClN4O2. The Morgan fingerprint density at radius 1 is 1.36 bits per heavy atom. The zero-order valence-electron chi connectivity index (χ0n) is 13.3. The molecule has 6 nitrogen and oxygen atoms in total. The Balaban J connectivity index is 1.73. The first-order chi connectivity index (χ1) is 10.3. The molecule has 1 amide bonds. The van der Waals surface area contributed by atoms with E-state index in [4.69, 9.17) is 16.3 Å². The van der Waals surface area contributed by atoms with E-state index in [1.54, 1.807) is 6.07 Å². The maximum absolute atomic E-state index is 11.8. The first-order valence-electron chi connectivity index (χ1n) is 7.52. The number of aromatic nitrogens is 2. The molecule has 1 saturated heterocycles. The van der Waals surface area contributed by atoms with Crippen LogP contribution in [0.5, 0.6) is 0 Å². The maximum Gasteiger partial charge on any atom is 0.407 e. The van der Waals surface area contributed by atoms with E-state index in [9.17, 15) is 4.79 Å². The fourth-order valence-electron chi connectivity index (χ4n) is 2.37. The van der Waals surface area contributed by atoms with Crippen molar-refractivity contribution in [1.82, 2.24) is 20.4 Å². The van der Waals surface area contributed by atoms with Gasteiger partial charge in [-0.3, -0.25) is 4.90 Å². The Kier molecular flexibility index (Phi) is 5.58. The molecule has 0 spiro atoms. The van der Waals surface area contributed by atoms with Gasteiger partial charge in [-0.05, 0) is 45.7 Å². The maximum atomic E-state index is 11.8. The number of carbonyl (C=O) groups is 1. The summed E-state index contributed by atoms with van der Waals surface area (Å²) in [5.41, 5.74) is 0.445. The number of carbonyl (C=O) groups excluding carboxylic acids is 1. The number of rotatable bonds is 3. The van der Waals surface area contributed by atoms with Gasteiger partial charge in [-0.2, -0.15) is 5.10 Å². The average molecular weight is 327 g/mol. The number of piperidine rings is 1. The van der Waals surface area contributed by atoms with Crippen molar-refractivity contribution in [3.8, 4) is 0 Å². The summed E-state index contributed by atoms with van der Waals surface area (Å²) in [6.07, 6.45) is 1.47. The van der Waals surface area contributed by atoms with Crippen molar-refractivity contribution in [3.63, 3.8) is 0 Å². The molecule has 122 valence electrons. The topological polar surface area (TPSA) is 67.3 Å². The highest BCUT2D eigenvalue weighted by Gasteiger charge is 2.23. The second-order valence-electron chi connectivity index (χ2n) is 6.54. The SMILES string of the molecule is CC(C)(C)OC(=O)NC1CCN(Cc2ccc(Cl)nn2)CC1. The van der Waals surface area contributed by atoms with Crippen LogP contribution in [0.25, 0.3) is 0 Å². The average Bonchev–Trinajstić information content (AvgIpc) is 2.41. The lowest BCUT2D eigenvalue weighted by Crippen LogP contribution is -2.45. The summed E-state index contributed by atoms with van der Waals surface area (Å²) >= 11 is 5.73. The number of ether oxygens (including phenoxy) is 1. The highest BCUT2D eigenvalue weighted by Crippen LogP contribution is 2.14. The number of amides is 1. The molecule has 0 radical (unpaired) electrons. The van der Waals surface area contributed by atoms with Crippen LogP contribution in [-0.4, -0.2) is 45.9 Å². The summed E-state index contributed by atoms with van der Waals surface area (Å²) in [5, 5.41) is 11.3. The lowest BCUT2D eigenvalue weighted by molar-refractivity contribution is 0.0477. The summed E-state index contributed by atoms with van der Waals surface area (Å²) in [7, 11) is 0. The highest BCUT2D eigenvalue weighted by atomic mass is 35.5. The number of likely N-dealkylation sites (tertiary alicyclic amines) is 1.